The molecular formula is C20H21NO6. The lowest BCUT2D eigenvalue weighted by atomic mass is 10.0. The number of benzene rings is 2. The first-order chi connectivity index (χ1) is 13.0. The van der Waals surface area contributed by atoms with Crippen molar-refractivity contribution in [2.75, 3.05) is 21.3 Å². The molecule has 0 bridgehead atoms. The Morgan fingerprint density at radius 2 is 1.74 bits per heavy atom. The van der Waals surface area contributed by atoms with Crippen molar-refractivity contribution >= 4 is 11.9 Å². The number of carboxylic acid groups (broad SMARTS) is 1. The van der Waals surface area contributed by atoms with E-state index in [9.17, 15) is 14.7 Å². The van der Waals surface area contributed by atoms with Crippen LogP contribution in [0.1, 0.15) is 33.9 Å². The zero-order valence-electron chi connectivity index (χ0n) is 15.4. The zero-order chi connectivity index (χ0) is 19.6. The van der Waals surface area contributed by atoms with Gasteiger partial charge >= 0.3 is 5.97 Å². The molecule has 7 heteroatoms. The van der Waals surface area contributed by atoms with Crippen molar-refractivity contribution in [3.8, 4) is 17.2 Å². The molecule has 0 aliphatic carbocycles. The molecular weight excluding hydrogens is 350 g/mol. The Labute approximate surface area is 157 Å². The topological polar surface area (TPSA) is 85.3 Å². The van der Waals surface area contributed by atoms with Gasteiger partial charge in [0, 0.05) is 12.1 Å². The fourth-order valence-electron chi connectivity index (χ4n) is 3.40. The molecule has 1 unspecified atom stereocenters. The molecule has 2 aromatic rings. The third kappa shape index (κ3) is 3.40. The largest absolute Gasteiger partial charge is 0.493 e. The maximum absolute atomic E-state index is 12.9. The van der Waals surface area contributed by atoms with Gasteiger partial charge in [-0.05, 0) is 29.3 Å². The van der Waals surface area contributed by atoms with Crippen LogP contribution < -0.4 is 14.2 Å². The van der Waals surface area contributed by atoms with Crippen LogP contribution >= 0.6 is 0 Å². The summed E-state index contributed by atoms with van der Waals surface area (Å²) >= 11 is 0. The quantitative estimate of drug-likeness (QED) is 0.806. The molecule has 0 saturated heterocycles. The average Bonchev–Trinajstić information content (AvgIpc) is 3.01. The number of rotatable bonds is 7. The lowest BCUT2D eigenvalue weighted by molar-refractivity contribution is -0.138. The first-order valence-electron chi connectivity index (χ1n) is 8.40. The molecule has 0 aromatic heterocycles. The number of carboxylic acids is 1. The van der Waals surface area contributed by atoms with Crippen LogP contribution in [0.4, 0.5) is 0 Å². The minimum absolute atomic E-state index is 0.189. The Morgan fingerprint density at radius 1 is 1.11 bits per heavy atom. The van der Waals surface area contributed by atoms with Crippen molar-refractivity contribution in [2.24, 2.45) is 0 Å². The highest BCUT2D eigenvalue weighted by molar-refractivity contribution is 5.98. The third-order valence-electron chi connectivity index (χ3n) is 4.67. The summed E-state index contributed by atoms with van der Waals surface area (Å²) in [6.07, 6.45) is -0.238. The second-order valence-corrected chi connectivity index (χ2v) is 6.16. The van der Waals surface area contributed by atoms with Gasteiger partial charge in [-0.15, -0.1) is 0 Å². The second kappa shape index (κ2) is 7.57. The number of fused-ring (bicyclic) bond motifs is 1. The Hall–Kier alpha value is -3.22. The Kier molecular flexibility index (Phi) is 5.21. The molecule has 1 atom stereocenters. The van der Waals surface area contributed by atoms with Crippen LogP contribution in [0.3, 0.4) is 0 Å². The number of carbonyl (C=O) groups is 2. The SMILES string of the molecule is COc1cc(C(CC(=O)O)N2Cc3ccccc3C2=O)cc(OC)c1OC. The van der Waals surface area contributed by atoms with Gasteiger partial charge in [-0.25, -0.2) is 0 Å². The first-order valence-corrected chi connectivity index (χ1v) is 8.40. The second-order valence-electron chi connectivity index (χ2n) is 6.16. The van der Waals surface area contributed by atoms with E-state index in [4.69, 9.17) is 14.2 Å². The van der Waals surface area contributed by atoms with Crippen molar-refractivity contribution in [1.82, 2.24) is 4.90 Å². The molecule has 7 nitrogen and oxygen atoms in total. The van der Waals surface area contributed by atoms with Crippen LogP contribution in [0, 0.1) is 0 Å². The molecule has 1 amide bonds. The predicted molar refractivity (Wildman–Crippen MR) is 97.4 cm³/mol. The Bertz CT molecular complexity index is 854. The fraction of sp³-hybridized carbons (Fsp3) is 0.300. The van der Waals surface area contributed by atoms with Crippen molar-refractivity contribution in [1.29, 1.82) is 0 Å². The number of aliphatic carboxylic acids is 1. The van der Waals surface area contributed by atoms with Crippen LogP contribution in [0.25, 0.3) is 0 Å². The average molecular weight is 371 g/mol. The van der Waals surface area contributed by atoms with Crippen LogP contribution in [0.2, 0.25) is 0 Å². The summed E-state index contributed by atoms with van der Waals surface area (Å²) in [6, 6.07) is 9.99. The van der Waals surface area contributed by atoms with Crippen molar-refractivity contribution in [2.45, 2.75) is 19.0 Å². The normalized spacial score (nSPS) is 13.9. The Morgan fingerprint density at radius 3 is 2.26 bits per heavy atom. The molecule has 0 radical (unpaired) electrons. The molecule has 3 rings (SSSR count). The van der Waals surface area contributed by atoms with E-state index in [1.807, 2.05) is 12.1 Å². The summed E-state index contributed by atoms with van der Waals surface area (Å²) in [5.41, 5.74) is 2.08. The van der Waals surface area contributed by atoms with Crippen LogP contribution in [0.15, 0.2) is 36.4 Å². The number of ether oxygens (including phenoxy) is 3. The van der Waals surface area contributed by atoms with Crippen molar-refractivity contribution in [3.63, 3.8) is 0 Å². The summed E-state index contributed by atoms with van der Waals surface area (Å²) in [5.74, 6) is 0.0368. The zero-order valence-corrected chi connectivity index (χ0v) is 15.4. The highest BCUT2D eigenvalue weighted by Gasteiger charge is 2.35. The van der Waals surface area contributed by atoms with E-state index in [1.165, 1.54) is 21.3 Å². The molecule has 0 saturated carbocycles. The van der Waals surface area contributed by atoms with E-state index in [2.05, 4.69) is 0 Å². The van der Waals surface area contributed by atoms with Gasteiger partial charge in [0.25, 0.3) is 5.91 Å². The summed E-state index contributed by atoms with van der Waals surface area (Å²) in [7, 11) is 4.48. The number of methoxy groups -OCH3 is 3. The van der Waals surface area contributed by atoms with Crippen molar-refractivity contribution < 1.29 is 28.9 Å². The van der Waals surface area contributed by atoms with Crippen LogP contribution in [-0.4, -0.2) is 43.2 Å². The van der Waals surface area contributed by atoms with E-state index in [0.717, 1.165) is 5.56 Å². The predicted octanol–water partition coefficient (Wildman–Crippen LogP) is 2.88. The van der Waals surface area contributed by atoms with Crippen LogP contribution in [-0.2, 0) is 11.3 Å². The van der Waals surface area contributed by atoms with E-state index >= 15 is 0 Å². The number of hydrogen-bond donors (Lipinski definition) is 1. The molecule has 27 heavy (non-hydrogen) atoms. The molecule has 1 heterocycles. The lowest BCUT2D eigenvalue weighted by Gasteiger charge is -2.28. The van der Waals surface area contributed by atoms with Gasteiger partial charge in [-0.2, -0.15) is 0 Å². The number of hydrogen-bond acceptors (Lipinski definition) is 5. The molecule has 2 aromatic carbocycles. The molecule has 0 spiro atoms. The monoisotopic (exact) mass is 371 g/mol. The van der Waals surface area contributed by atoms with Crippen molar-refractivity contribution in [3.05, 3.63) is 53.1 Å². The summed E-state index contributed by atoms with van der Waals surface area (Å²) in [6.45, 7) is 0.351. The molecule has 0 fully saturated rings. The minimum Gasteiger partial charge on any atom is -0.493 e. The van der Waals surface area contributed by atoms with Gasteiger partial charge < -0.3 is 24.2 Å². The van der Waals surface area contributed by atoms with Gasteiger partial charge in [-0.1, -0.05) is 18.2 Å². The maximum atomic E-state index is 12.9. The standard InChI is InChI=1S/C20H21NO6/c1-25-16-8-13(9-17(26-2)19(16)27-3)15(10-18(22)23)21-11-12-6-4-5-7-14(12)20(21)24/h4-9,15H,10-11H2,1-3H3,(H,22,23). The summed E-state index contributed by atoms with van der Waals surface area (Å²) in [5, 5.41) is 9.44. The fourth-order valence-corrected chi connectivity index (χ4v) is 3.40. The van der Waals surface area contributed by atoms with Gasteiger partial charge in [0.2, 0.25) is 5.75 Å². The Balaban J connectivity index is 2.07. The van der Waals surface area contributed by atoms with E-state index in [-0.39, 0.29) is 12.3 Å². The van der Waals surface area contributed by atoms with Gasteiger partial charge in [-0.3, -0.25) is 9.59 Å². The van der Waals surface area contributed by atoms with E-state index in [0.29, 0.717) is 34.9 Å². The van der Waals surface area contributed by atoms with Gasteiger partial charge in [0.05, 0.1) is 33.8 Å². The molecule has 1 aliphatic heterocycles. The highest BCUT2D eigenvalue weighted by Crippen LogP contribution is 2.42. The highest BCUT2D eigenvalue weighted by atomic mass is 16.5. The number of carbonyl (C=O) groups excluding carboxylic acids is 1. The maximum Gasteiger partial charge on any atom is 0.305 e. The van der Waals surface area contributed by atoms with E-state index < -0.39 is 12.0 Å². The van der Waals surface area contributed by atoms with Gasteiger partial charge in [0.15, 0.2) is 11.5 Å². The van der Waals surface area contributed by atoms with Gasteiger partial charge in [0.1, 0.15) is 0 Å². The summed E-state index contributed by atoms with van der Waals surface area (Å²) < 4.78 is 16.1. The summed E-state index contributed by atoms with van der Waals surface area (Å²) in [4.78, 5) is 26.0. The molecule has 1 N–H and O–H groups in total. The molecule has 142 valence electrons. The number of amides is 1. The first kappa shape index (κ1) is 18.6. The number of nitrogens with zero attached hydrogens (tertiary/aromatic N) is 1. The smallest absolute Gasteiger partial charge is 0.305 e. The van der Waals surface area contributed by atoms with E-state index in [1.54, 1.807) is 29.2 Å². The van der Waals surface area contributed by atoms with Crippen LogP contribution in [0.5, 0.6) is 17.2 Å². The lowest BCUT2D eigenvalue weighted by Crippen LogP contribution is -2.31. The minimum atomic E-state index is -1.00. The molecule has 1 aliphatic rings. The third-order valence-corrected chi connectivity index (χ3v) is 4.67.